The fraction of sp³-hybridized carbons (Fsp3) is 1.00. The van der Waals surface area contributed by atoms with Crippen LogP contribution in [-0.4, -0.2) is 56.3 Å². The molecule has 0 aromatic carbocycles. The second-order valence-electron chi connectivity index (χ2n) is 3.72. The molecule has 0 spiro atoms. The molecule has 1 fully saturated rings. The van der Waals surface area contributed by atoms with Crippen molar-refractivity contribution >= 4 is 7.75 Å². The van der Waals surface area contributed by atoms with Gasteiger partial charge in [-0.3, -0.25) is 9.05 Å². The summed E-state index contributed by atoms with van der Waals surface area (Å²) in [5.74, 6) is 0. The van der Waals surface area contributed by atoms with Crippen molar-refractivity contribution in [3.63, 3.8) is 0 Å². The number of likely N-dealkylation sites (N-methyl/N-ethyl adjacent to an activating group) is 1. The quantitative estimate of drug-likeness (QED) is 0.708. The molecule has 1 heterocycles. The van der Waals surface area contributed by atoms with Gasteiger partial charge in [-0.15, -0.1) is 0 Å². The molecule has 0 atom stereocenters. The van der Waals surface area contributed by atoms with Gasteiger partial charge < -0.3 is 4.90 Å². The highest BCUT2D eigenvalue weighted by Crippen LogP contribution is 2.43. The van der Waals surface area contributed by atoms with Gasteiger partial charge in [0, 0.05) is 26.2 Å². The van der Waals surface area contributed by atoms with Gasteiger partial charge in [-0.2, -0.15) is 5.20 Å². The highest BCUT2D eigenvalue weighted by molar-refractivity contribution is 7.51. The maximum absolute atomic E-state index is 12.2. The number of hydrogen-bond acceptors (Lipinski definition) is 5. The Balaban J connectivity index is 2.45. The number of nitrogens with zero attached hydrogens (tertiary/aromatic N) is 2. The van der Waals surface area contributed by atoms with Crippen molar-refractivity contribution in [3.8, 4) is 0 Å². The van der Waals surface area contributed by atoms with Gasteiger partial charge >= 0.3 is 7.75 Å². The summed E-state index contributed by atoms with van der Waals surface area (Å²) in [5, 5.41) is 4.78. The molecule has 0 amide bonds. The summed E-state index contributed by atoms with van der Waals surface area (Å²) in [4.78, 5) is 2.23. The van der Waals surface area contributed by atoms with Crippen LogP contribution in [0.1, 0.15) is 13.8 Å². The third kappa shape index (κ3) is 4.49. The van der Waals surface area contributed by atoms with E-state index >= 15 is 0 Å². The highest BCUT2D eigenvalue weighted by Gasteiger charge is 2.27. The lowest BCUT2D eigenvalue weighted by molar-refractivity contribution is 0.106. The topological polar surface area (TPSA) is 54.0 Å². The van der Waals surface area contributed by atoms with Crippen molar-refractivity contribution in [2.75, 3.05) is 46.4 Å². The van der Waals surface area contributed by atoms with Crippen molar-refractivity contribution in [2.45, 2.75) is 13.8 Å². The first kappa shape index (κ1) is 14.1. The zero-order chi connectivity index (χ0) is 12.0. The lowest BCUT2D eigenvalue weighted by Crippen LogP contribution is -2.49. The smallest absolute Gasteiger partial charge is 0.304 e. The van der Waals surface area contributed by atoms with E-state index in [1.54, 1.807) is 13.8 Å². The molecule has 1 aliphatic heterocycles. The number of rotatable bonds is 6. The molecule has 16 heavy (non-hydrogen) atoms. The lowest BCUT2D eigenvalue weighted by Gasteiger charge is -2.34. The number of piperazine rings is 1. The fourth-order valence-electron chi connectivity index (χ4n) is 1.51. The minimum absolute atomic E-state index is 0.373. The Bertz CT molecular complexity index is 234. The molecule has 0 saturated carbocycles. The predicted octanol–water partition coefficient (Wildman–Crippen LogP) is 0.919. The Labute approximate surface area is 97.4 Å². The van der Waals surface area contributed by atoms with Gasteiger partial charge in [0.05, 0.1) is 13.2 Å². The van der Waals surface area contributed by atoms with Gasteiger partial charge in [0.15, 0.2) is 0 Å². The molecule has 0 unspecified atom stereocenters. The van der Waals surface area contributed by atoms with Gasteiger partial charge in [-0.25, -0.2) is 9.57 Å². The normalized spacial score (nSPS) is 20.2. The molecular formula is C9H22N3O3P. The highest BCUT2D eigenvalue weighted by atomic mass is 31.2. The Morgan fingerprint density at radius 3 is 2.06 bits per heavy atom. The van der Waals surface area contributed by atoms with Crippen LogP contribution in [0.5, 0.6) is 0 Å². The standard InChI is InChI=1S/C9H22N3O3P/c1-4-14-16(13,15-5-2)10-12-8-6-11(3)7-9-12/h4-9H2,1-3H3,(H,10,13). The van der Waals surface area contributed by atoms with E-state index in [0.29, 0.717) is 13.2 Å². The summed E-state index contributed by atoms with van der Waals surface area (Å²) in [5.41, 5.74) is 0. The second kappa shape index (κ2) is 6.69. The average molecular weight is 251 g/mol. The van der Waals surface area contributed by atoms with E-state index in [1.807, 2.05) is 5.01 Å². The molecule has 1 saturated heterocycles. The van der Waals surface area contributed by atoms with Crippen LogP contribution in [0, 0.1) is 0 Å². The Morgan fingerprint density at radius 2 is 1.62 bits per heavy atom. The van der Waals surface area contributed by atoms with Crippen molar-refractivity contribution in [1.82, 2.24) is 15.1 Å². The van der Waals surface area contributed by atoms with E-state index in [1.165, 1.54) is 0 Å². The Morgan fingerprint density at radius 1 is 1.12 bits per heavy atom. The van der Waals surface area contributed by atoms with Crippen molar-refractivity contribution in [1.29, 1.82) is 0 Å². The molecule has 6 nitrogen and oxygen atoms in total. The van der Waals surface area contributed by atoms with E-state index in [0.717, 1.165) is 26.2 Å². The Hall–Kier alpha value is 0.0300. The molecule has 0 aromatic heterocycles. The average Bonchev–Trinajstić information content (AvgIpc) is 2.22. The molecule has 96 valence electrons. The SMILES string of the molecule is CCOP(=O)(NN1CCN(C)CC1)OCC. The lowest BCUT2D eigenvalue weighted by atomic mass is 10.4. The summed E-state index contributed by atoms with van der Waals surface area (Å²) in [6.45, 7) is 7.89. The summed E-state index contributed by atoms with van der Waals surface area (Å²) >= 11 is 0. The molecule has 0 bridgehead atoms. The van der Waals surface area contributed by atoms with E-state index in [9.17, 15) is 4.57 Å². The zero-order valence-electron chi connectivity index (χ0n) is 10.3. The van der Waals surface area contributed by atoms with E-state index < -0.39 is 7.75 Å². The van der Waals surface area contributed by atoms with Crippen molar-refractivity contribution < 1.29 is 13.6 Å². The third-order valence-electron chi connectivity index (χ3n) is 2.37. The molecule has 1 N–H and O–H groups in total. The summed E-state index contributed by atoms with van der Waals surface area (Å²) < 4.78 is 22.5. The van der Waals surface area contributed by atoms with Crippen LogP contribution >= 0.6 is 7.75 Å². The van der Waals surface area contributed by atoms with Crippen molar-refractivity contribution in [2.24, 2.45) is 0 Å². The first-order chi connectivity index (χ1) is 7.59. The maximum Gasteiger partial charge on any atom is 0.419 e. The third-order valence-corrected chi connectivity index (χ3v) is 4.09. The minimum Gasteiger partial charge on any atom is -0.304 e. The Kier molecular flexibility index (Phi) is 5.89. The molecule has 0 radical (unpaired) electrons. The second-order valence-corrected chi connectivity index (χ2v) is 5.43. The minimum atomic E-state index is -3.15. The van der Waals surface area contributed by atoms with Crippen LogP contribution in [0.4, 0.5) is 0 Å². The van der Waals surface area contributed by atoms with E-state index in [4.69, 9.17) is 9.05 Å². The summed E-state index contributed by atoms with van der Waals surface area (Å²) in [7, 11) is -1.08. The van der Waals surface area contributed by atoms with Crippen LogP contribution in [0.25, 0.3) is 0 Å². The van der Waals surface area contributed by atoms with Crippen LogP contribution < -0.4 is 5.20 Å². The first-order valence-electron chi connectivity index (χ1n) is 5.70. The number of hydrogen-bond donors (Lipinski definition) is 1. The fourth-order valence-corrected chi connectivity index (χ4v) is 2.93. The molecule has 0 aliphatic carbocycles. The van der Waals surface area contributed by atoms with Gasteiger partial charge in [0.1, 0.15) is 0 Å². The largest absolute Gasteiger partial charge is 0.419 e. The molecule has 0 aromatic rings. The maximum atomic E-state index is 12.2. The number of hydrazine groups is 1. The summed E-state index contributed by atoms with van der Waals surface area (Å²) in [6, 6.07) is 0. The van der Waals surface area contributed by atoms with Gasteiger partial charge in [0.25, 0.3) is 0 Å². The van der Waals surface area contributed by atoms with Gasteiger partial charge in [0.2, 0.25) is 0 Å². The van der Waals surface area contributed by atoms with E-state index in [-0.39, 0.29) is 0 Å². The van der Waals surface area contributed by atoms with Gasteiger partial charge in [-0.1, -0.05) is 0 Å². The van der Waals surface area contributed by atoms with Gasteiger partial charge in [-0.05, 0) is 20.9 Å². The van der Waals surface area contributed by atoms with Crippen LogP contribution in [0.3, 0.4) is 0 Å². The zero-order valence-corrected chi connectivity index (χ0v) is 11.2. The summed E-state index contributed by atoms with van der Waals surface area (Å²) in [6.07, 6.45) is 0. The molecule has 7 heteroatoms. The molecule has 1 rings (SSSR count). The van der Waals surface area contributed by atoms with E-state index in [2.05, 4.69) is 17.1 Å². The first-order valence-corrected chi connectivity index (χ1v) is 7.24. The molecule has 1 aliphatic rings. The van der Waals surface area contributed by atoms with Crippen LogP contribution in [0.15, 0.2) is 0 Å². The van der Waals surface area contributed by atoms with Crippen molar-refractivity contribution in [3.05, 3.63) is 0 Å². The predicted molar refractivity (Wildman–Crippen MR) is 63.1 cm³/mol. The van der Waals surface area contributed by atoms with Crippen LogP contribution in [-0.2, 0) is 13.6 Å². The number of nitrogens with one attached hydrogen (secondary N) is 1. The monoisotopic (exact) mass is 251 g/mol. The molecular weight excluding hydrogens is 229 g/mol. The van der Waals surface area contributed by atoms with Crippen LogP contribution in [0.2, 0.25) is 0 Å².